The van der Waals surface area contributed by atoms with Crippen molar-refractivity contribution in [3.05, 3.63) is 88.7 Å². The molecule has 0 spiro atoms. The van der Waals surface area contributed by atoms with Crippen molar-refractivity contribution in [2.24, 2.45) is 5.10 Å². The van der Waals surface area contributed by atoms with Crippen LogP contribution in [0, 0.1) is 25.2 Å². The highest BCUT2D eigenvalue weighted by Gasteiger charge is 2.19. The Bertz CT molecular complexity index is 1160. The van der Waals surface area contributed by atoms with Crippen LogP contribution in [-0.2, 0) is 9.53 Å². The topological polar surface area (TPSA) is 96.5 Å². The van der Waals surface area contributed by atoms with Crippen molar-refractivity contribution in [3.63, 3.8) is 0 Å². The molecular weight excluding hydrogens is 392 g/mol. The summed E-state index contributed by atoms with van der Waals surface area (Å²) in [6.45, 7) is 3.89. The number of rotatable bonds is 6. The minimum atomic E-state index is -0.931. The number of carbonyl (C=O) groups excluding carboxylic acids is 2. The van der Waals surface area contributed by atoms with Crippen molar-refractivity contribution in [1.82, 2.24) is 9.99 Å². The predicted molar refractivity (Wildman–Crippen MR) is 117 cm³/mol. The minimum Gasteiger partial charge on any atom is -0.465 e. The number of methoxy groups -OCH3 is 1. The molecule has 156 valence electrons. The van der Waals surface area contributed by atoms with Gasteiger partial charge >= 0.3 is 5.97 Å². The summed E-state index contributed by atoms with van der Waals surface area (Å²) in [5.41, 5.74) is 7.14. The number of nitriles is 1. The molecule has 3 rings (SSSR count). The summed E-state index contributed by atoms with van der Waals surface area (Å²) < 4.78 is 6.75. The van der Waals surface area contributed by atoms with Crippen molar-refractivity contribution in [3.8, 4) is 11.8 Å². The zero-order valence-electron chi connectivity index (χ0n) is 17.5. The van der Waals surface area contributed by atoms with E-state index in [9.17, 15) is 14.9 Å². The summed E-state index contributed by atoms with van der Waals surface area (Å²) in [6, 6.07) is 19.9. The molecule has 7 nitrogen and oxygen atoms in total. The molecule has 2 aromatic carbocycles. The van der Waals surface area contributed by atoms with Crippen LogP contribution in [0.2, 0.25) is 0 Å². The Morgan fingerprint density at radius 3 is 2.42 bits per heavy atom. The number of carbonyl (C=O) groups is 2. The largest absolute Gasteiger partial charge is 0.465 e. The average Bonchev–Trinajstić information content (AvgIpc) is 3.07. The molecule has 1 aromatic heterocycles. The van der Waals surface area contributed by atoms with Crippen molar-refractivity contribution in [2.75, 3.05) is 7.11 Å². The van der Waals surface area contributed by atoms with Gasteiger partial charge in [-0.15, -0.1) is 0 Å². The second kappa shape index (κ2) is 9.55. The Hall–Kier alpha value is -4.18. The molecule has 7 heteroatoms. The van der Waals surface area contributed by atoms with E-state index in [1.54, 1.807) is 42.6 Å². The highest BCUT2D eigenvalue weighted by Crippen LogP contribution is 2.20. The van der Waals surface area contributed by atoms with E-state index in [0.717, 1.165) is 22.6 Å². The van der Waals surface area contributed by atoms with Gasteiger partial charge in [-0.05, 0) is 49.7 Å². The first kappa shape index (κ1) is 21.5. The Morgan fingerprint density at radius 1 is 1.13 bits per heavy atom. The number of hydrogen-bond donors (Lipinski definition) is 1. The monoisotopic (exact) mass is 414 g/mol. The van der Waals surface area contributed by atoms with E-state index >= 15 is 0 Å². The average molecular weight is 414 g/mol. The molecule has 3 aromatic rings. The summed E-state index contributed by atoms with van der Waals surface area (Å²) >= 11 is 0. The van der Waals surface area contributed by atoms with Gasteiger partial charge < -0.3 is 9.30 Å². The zero-order chi connectivity index (χ0) is 22.4. The third-order valence-electron chi connectivity index (χ3n) is 4.92. The van der Waals surface area contributed by atoms with E-state index in [4.69, 9.17) is 4.74 Å². The minimum absolute atomic E-state index is 0.387. The van der Waals surface area contributed by atoms with E-state index in [2.05, 4.69) is 10.5 Å². The number of aromatic nitrogens is 1. The molecule has 0 saturated carbocycles. The Kier molecular flexibility index (Phi) is 6.63. The van der Waals surface area contributed by atoms with Crippen molar-refractivity contribution >= 4 is 18.1 Å². The number of nitrogens with zero attached hydrogens (tertiary/aromatic N) is 3. The van der Waals surface area contributed by atoms with Gasteiger partial charge in [0.15, 0.2) is 5.92 Å². The normalized spacial score (nSPS) is 11.7. The van der Waals surface area contributed by atoms with Gasteiger partial charge in [-0.1, -0.05) is 30.3 Å². The Labute approximate surface area is 180 Å². The number of esters is 1. The standard InChI is InChI=1S/C24H22N4O3/c1-16-13-20(15-26-27-23(29)22(14-25)18-7-5-4-6-8-18)17(2)28(16)21-11-9-19(10-12-21)24(30)31-3/h4-13,15,22H,1-3H3,(H,27,29)/b26-15-/t22-/m0/s1. The number of hydrazone groups is 1. The fourth-order valence-corrected chi connectivity index (χ4v) is 3.34. The van der Waals surface area contributed by atoms with Gasteiger partial charge in [0.05, 0.1) is 25.0 Å². The van der Waals surface area contributed by atoms with E-state index < -0.39 is 11.8 Å². The van der Waals surface area contributed by atoms with Gasteiger partial charge in [-0.3, -0.25) is 4.79 Å². The first-order chi connectivity index (χ1) is 15.0. The van der Waals surface area contributed by atoms with Crippen LogP contribution in [0.15, 0.2) is 65.8 Å². The summed E-state index contributed by atoms with van der Waals surface area (Å²) in [7, 11) is 1.35. The summed E-state index contributed by atoms with van der Waals surface area (Å²) in [5, 5.41) is 13.4. The van der Waals surface area contributed by atoms with Crippen molar-refractivity contribution < 1.29 is 14.3 Å². The van der Waals surface area contributed by atoms with Gasteiger partial charge in [-0.2, -0.15) is 10.4 Å². The molecule has 0 saturated heterocycles. The van der Waals surface area contributed by atoms with E-state index in [0.29, 0.717) is 11.1 Å². The summed E-state index contributed by atoms with van der Waals surface area (Å²) in [6.07, 6.45) is 1.55. The summed E-state index contributed by atoms with van der Waals surface area (Å²) in [4.78, 5) is 24.0. The first-order valence-corrected chi connectivity index (χ1v) is 9.61. The highest BCUT2D eigenvalue weighted by molar-refractivity contribution is 5.90. The second-order valence-corrected chi connectivity index (χ2v) is 6.91. The van der Waals surface area contributed by atoms with E-state index in [-0.39, 0.29) is 5.97 Å². The molecule has 1 N–H and O–H groups in total. The maximum Gasteiger partial charge on any atom is 0.337 e. The molecule has 0 fully saturated rings. The Balaban J connectivity index is 1.76. The number of amides is 1. The van der Waals surface area contributed by atoms with Gasteiger partial charge in [-0.25, -0.2) is 10.2 Å². The molecule has 1 heterocycles. The number of ether oxygens (including phenoxy) is 1. The molecule has 0 bridgehead atoms. The molecule has 0 aliphatic heterocycles. The molecule has 1 atom stereocenters. The third-order valence-corrected chi connectivity index (χ3v) is 4.92. The maximum absolute atomic E-state index is 12.4. The molecule has 0 radical (unpaired) electrons. The smallest absolute Gasteiger partial charge is 0.337 e. The lowest BCUT2D eigenvalue weighted by Gasteiger charge is -2.10. The maximum atomic E-state index is 12.4. The van der Waals surface area contributed by atoms with Crippen LogP contribution in [0.5, 0.6) is 0 Å². The molecule has 0 aliphatic carbocycles. The molecule has 1 amide bonds. The SMILES string of the molecule is COC(=O)c1ccc(-n2c(C)cc(/C=N\NC(=O)[C@@H](C#N)c3ccccc3)c2C)cc1. The third kappa shape index (κ3) is 4.70. The number of nitrogens with one attached hydrogen (secondary N) is 1. The zero-order valence-corrected chi connectivity index (χ0v) is 17.5. The lowest BCUT2D eigenvalue weighted by Crippen LogP contribution is -2.24. The van der Waals surface area contributed by atoms with Gasteiger partial charge in [0.25, 0.3) is 5.91 Å². The van der Waals surface area contributed by atoms with E-state index in [1.165, 1.54) is 7.11 Å². The van der Waals surface area contributed by atoms with Crippen LogP contribution in [-0.4, -0.2) is 29.8 Å². The quantitative estimate of drug-likeness (QED) is 0.378. The van der Waals surface area contributed by atoms with Crippen LogP contribution in [0.3, 0.4) is 0 Å². The number of aryl methyl sites for hydroxylation is 1. The lowest BCUT2D eigenvalue weighted by atomic mass is 10.0. The predicted octanol–water partition coefficient (Wildman–Crippen LogP) is 3.64. The molecule has 0 unspecified atom stereocenters. The molecule has 0 aliphatic rings. The van der Waals surface area contributed by atoms with Gasteiger partial charge in [0, 0.05) is 22.6 Å². The fourth-order valence-electron chi connectivity index (χ4n) is 3.34. The molecule has 31 heavy (non-hydrogen) atoms. The summed E-state index contributed by atoms with van der Waals surface area (Å²) in [5.74, 6) is -1.81. The van der Waals surface area contributed by atoms with Crippen LogP contribution in [0.4, 0.5) is 0 Å². The first-order valence-electron chi connectivity index (χ1n) is 9.61. The van der Waals surface area contributed by atoms with Crippen LogP contribution in [0.25, 0.3) is 5.69 Å². The van der Waals surface area contributed by atoms with Crippen LogP contribution in [0.1, 0.15) is 38.8 Å². The van der Waals surface area contributed by atoms with Crippen molar-refractivity contribution in [2.45, 2.75) is 19.8 Å². The fraction of sp³-hybridized carbons (Fsp3) is 0.167. The van der Waals surface area contributed by atoms with Crippen LogP contribution < -0.4 is 5.43 Å². The highest BCUT2D eigenvalue weighted by atomic mass is 16.5. The van der Waals surface area contributed by atoms with Crippen LogP contribution >= 0.6 is 0 Å². The second-order valence-electron chi connectivity index (χ2n) is 6.91. The number of benzene rings is 2. The lowest BCUT2D eigenvalue weighted by molar-refractivity contribution is -0.121. The van der Waals surface area contributed by atoms with E-state index in [1.807, 2.05) is 48.7 Å². The van der Waals surface area contributed by atoms with Crippen molar-refractivity contribution in [1.29, 1.82) is 5.26 Å². The Morgan fingerprint density at radius 2 is 1.81 bits per heavy atom. The molecular formula is C24H22N4O3. The van der Waals surface area contributed by atoms with Gasteiger partial charge in [0.2, 0.25) is 0 Å². The van der Waals surface area contributed by atoms with Gasteiger partial charge in [0.1, 0.15) is 0 Å². The number of hydrogen-bond acceptors (Lipinski definition) is 5.